The molecule has 2 rings (SSSR count). The molecule has 1 aromatic carbocycles. The Morgan fingerprint density at radius 1 is 1.29 bits per heavy atom. The van der Waals surface area contributed by atoms with Crippen molar-refractivity contribution in [3.63, 3.8) is 0 Å². The summed E-state index contributed by atoms with van der Waals surface area (Å²) in [6, 6.07) is 10.3. The number of thioether (sulfide) groups is 1. The molecular weight excluding hydrogens is 314 g/mol. The SMILES string of the molecule is BrCc1cnc(SC/C=C/c2ccccc2)s1. The Bertz CT molecular complexity index is 479. The molecule has 4 heteroatoms. The van der Waals surface area contributed by atoms with Crippen LogP contribution in [0.4, 0.5) is 0 Å². The minimum Gasteiger partial charge on any atom is -0.238 e. The van der Waals surface area contributed by atoms with Crippen LogP contribution in [-0.2, 0) is 5.33 Å². The number of rotatable bonds is 5. The fourth-order valence-electron chi connectivity index (χ4n) is 1.29. The third-order valence-electron chi connectivity index (χ3n) is 2.08. The van der Waals surface area contributed by atoms with Crippen LogP contribution < -0.4 is 0 Å². The first kappa shape index (κ1) is 12.9. The summed E-state index contributed by atoms with van der Waals surface area (Å²) in [5, 5.41) is 0.894. The van der Waals surface area contributed by atoms with Crippen molar-refractivity contribution in [1.29, 1.82) is 0 Å². The molecule has 0 aliphatic rings. The van der Waals surface area contributed by atoms with Gasteiger partial charge in [-0.3, -0.25) is 0 Å². The number of alkyl halides is 1. The van der Waals surface area contributed by atoms with Crippen LogP contribution in [0.15, 0.2) is 46.9 Å². The van der Waals surface area contributed by atoms with E-state index in [1.807, 2.05) is 12.3 Å². The smallest absolute Gasteiger partial charge is 0.150 e. The molecule has 0 aliphatic heterocycles. The third-order valence-corrected chi connectivity index (χ3v) is 5.16. The molecule has 0 fully saturated rings. The van der Waals surface area contributed by atoms with Crippen molar-refractivity contribution in [1.82, 2.24) is 4.98 Å². The first-order valence-electron chi connectivity index (χ1n) is 5.23. The van der Waals surface area contributed by atoms with Gasteiger partial charge >= 0.3 is 0 Å². The number of nitrogens with zero attached hydrogens (tertiary/aromatic N) is 1. The van der Waals surface area contributed by atoms with Gasteiger partial charge in [0.05, 0.1) is 0 Å². The maximum atomic E-state index is 4.35. The van der Waals surface area contributed by atoms with E-state index in [-0.39, 0.29) is 0 Å². The number of thiazole rings is 1. The van der Waals surface area contributed by atoms with Crippen LogP contribution >= 0.6 is 39.0 Å². The maximum Gasteiger partial charge on any atom is 0.150 e. The molecule has 1 aromatic heterocycles. The maximum absolute atomic E-state index is 4.35. The van der Waals surface area contributed by atoms with Crippen molar-refractivity contribution in [3.8, 4) is 0 Å². The molecule has 2 aromatic rings. The molecule has 88 valence electrons. The van der Waals surface area contributed by atoms with Gasteiger partial charge in [-0.05, 0) is 5.56 Å². The second-order valence-electron chi connectivity index (χ2n) is 3.35. The highest BCUT2D eigenvalue weighted by atomic mass is 79.9. The largest absolute Gasteiger partial charge is 0.238 e. The zero-order valence-corrected chi connectivity index (χ0v) is 12.4. The van der Waals surface area contributed by atoms with Crippen molar-refractivity contribution >= 4 is 45.1 Å². The van der Waals surface area contributed by atoms with E-state index < -0.39 is 0 Å². The molecule has 0 N–H and O–H groups in total. The molecule has 1 heterocycles. The van der Waals surface area contributed by atoms with E-state index in [2.05, 4.69) is 57.3 Å². The van der Waals surface area contributed by atoms with E-state index >= 15 is 0 Å². The fraction of sp³-hybridized carbons (Fsp3) is 0.154. The lowest BCUT2D eigenvalue weighted by atomic mass is 10.2. The second-order valence-corrected chi connectivity index (χ2v) is 6.29. The van der Waals surface area contributed by atoms with E-state index in [4.69, 9.17) is 0 Å². The van der Waals surface area contributed by atoms with E-state index in [1.165, 1.54) is 10.4 Å². The Morgan fingerprint density at radius 3 is 2.82 bits per heavy atom. The van der Waals surface area contributed by atoms with Crippen molar-refractivity contribution < 1.29 is 0 Å². The zero-order chi connectivity index (χ0) is 11.9. The quantitative estimate of drug-likeness (QED) is 0.576. The van der Waals surface area contributed by atoms with Gasteiger partial charge in [0.15, 0.2) is 0 Å². The molecule has 0 bridgehead atoms. The Hall–Kier alpha value is -0.580. The topological polar surface area (TPSA) is 12.9 Å². The number of hydrogen-bond donors (Lipinski definition) is 0. The molecule has 0 saturated heterocycles. The molecule has 0 unspecified atom stereocenters. The summed E-state index contributed by atoms with van der Waals surface area (Å²) in [6.07, 6.45) is 6.25. The van der Waals surface area contributed by atoms with E-state index in [0.717, 1.165) is 15.4 Å². The lowest BCUT2D eigenvalue weighted by Crippen LogP contribution is -1.72. The lowest BCUT2D eigenvalue weighted by molar-refractivity contribution is 1.24. The summed E-state index contributed by atoms with van der Waals surface area (Å²) in [5.41, 5.74) is 1.24. The average Bonchev–Trinajstić information content (AvgIpc) is 2.84. The summed E-state index contributed by atoms with van der Waals surface area (Å²) in [7, 11) is 0. The van der Waals surface area contributed by atoms with Gasteiger partial charge in [-0.2, -0.15) is 0 Å². The summed E-state index contributed by atoms with van der Waals surface area (Å²) in [5.74, 6) is 0.962. The van der Waals surface area contributed by atoms with Gasteiger partial charge in [-0.15, -0.1) is 11.3 Å². The van der Waals surface area contributed by atoms with Crippen molar-refractivity contribution in [2.24, 2.45) is 0 Å². The van der Waals surface area contributed by atoms with Crippen LogP contribution in [0.5, 0.6) is 0 Å². The third kappa shape index (κ3) is 4.30. The van der Waals surface area contributed by atoms with E-state index in [9.17, 15) is 0 Å². The minimum absolute atomic E-state index is 0.894. The van der Waals surface area contributed by atoms with Crippen molar-refractivity contribution in [2.75, 3.05) is 5.75 Å². The molecule has 0 spiro atoms. The van der Waals surface area contributed by atoms with Crippen LogP contribution in [0, 0.1) is 0 Å². The Balaban J connectivity index is 1.81. The number of halogens is 1. The summed E-state index contributed by atoms with van der Waals surface area (Å²) >= 11 is 6.96. The highest BCUT2D eigenvalue weighted by Gasteiger charge is 1.99. The average molecular weight is 326 g/mol. The summed E-state index contributed by atoms with van der Waals surface area (Å²) in [4.78, 5) is 5.63. The van der Waals surface area contributed by atoms with Crippen molar-refractivity contribution in [2.45, 2.75) is 9.67 Å². The zero-order valence-electron chi connectivity index (χ0n) is 9.17. The molecule has 0 radical (unpaired) electrons. The van der Waals surface area contributed by atoms with Gasteiger partial charge in [0.2, 0.25) is 0 Å². The van der Waals surface area contributed by atoms with Crippen LogP contribution in [0.3, 0.4) is 0 Å². The Morgan fingerprint density at radius 2 is 2.12 bits per heavy atom. The monoisotopic (exact) mass is 325 g/mol. The normalized spacial score (nSPS) is 11.1. The molecule has 0 amide bonds. The van der Waals surface area contributed by atoms with E-state index in [1.54, 1.807) is 23.1 Å². The predicted octanol–water partition coefficient (Wildman–Crippen LogP) is 4.84. The molecule has 1 nitrogen and oxygen atoms in total. The van der Waals surface area contributed by atoms with Gasteiger partial charge in [0.25, 0.3) is 0 Å². The van der Waals surface area contributed by atoms with Gasteiger partial charge < -0.3 is 0 Å². The standard InChI is InChI=1S/C13H12BrNS2/c14-9-12-10-15-13(17-12)16-8-4-7-11-5-2-1-3-6-11/h1-7,10H,8-9H2/b7-4+. The predicted molar refractivity (Wildman–Crippen MR) is 80.9 cm³/mol. The van der Waals surface area contributed by atoms with Gasteiger partial charge in [0.1, 0.15) is 4.34 Å². The molecule has 0 atom stereocenters. The van der Waals surface area contributed by atoms with Crippen LogP contribution in [0.25, 0.3) is 6.08 Å². The first-order valence-corrected chi connectivity index (χ1v) is 8.16. The van der Waals surface area contributed by atoms with Crippen LogP contribution in [0.2, 0.25) is 0 Å². The Kier molecular flexibility index (Phi) is 5.29. The summed E-state index contributed by atoms with van der Waals surface area (Å²) in [6.45, 7) is 0. The first-order chi connectivity index (χ1) is 8.38. The number of benzene rings is 1. The number of aromatic nitrogens is 1. The van der Waals surface area contributed by atoms with Gasteiger partial charge in [-0.25, -0.2) is 4.98 Å². The summed E-state index contributed by atoms with van der Waals surface area (Å²) < 4.78 is 1.14. The highest BCUT2D eigenvalue weighted by molar-refractivity contribution is 9.08. The lowest BCUT2D eigenvalue weighted by Gasteiger charge is -1.92. The molecule has 0 aliphatic carbocycles. The number of hydrogen-bond acceptors (Lipinski definition) is 3. The Labute approximate surface area is 118 Å². The van der Waals surface area contributed by atoms with Gasteiger partial charge in [0, 0.05) is 22.2 Å². The van der Waals surface area contributed by atoms with Gasteiger partial charge in [-0.1, -0.05) is 70.2 Å². The van der Waals surface area contributed by atoms with Crippen LogP contribution in [0.1, 0.15) is 10.4 Å². The second kappa shape index (κ2) is 6.99. The molecular formula is C13H12BrNS2. The molecule has 0 saturated carbocycles. The fourth-order valence-corrected chi connectivity index (χ4v) is 3.49. The highest BCUT2D eigenvalue weighted by Crippen LogP contribution is 2.25. The van der Waals surface area contributed by atoms with Crippen molar-refractivity contribution in [3.05, 3.63) is 53.0 Å². The van der Waals surface area contributed by atoms with Crippen LogP contribution in [-0.4, -0.2) is 10.7 Å². The minimum atomic E-state index is 0.894. The molecule has 17 heavy (non-hydrogen) atoms. The van der Waals surface area contributed by atoms with E-state index in [0.29, 0.717) is 0 Å².